The van der Waals surface area contributed by atoms with E-state index >= 15 is 0 Å². The van der Waals surface area contributed by atoms with Crippen LogP contribution in [0.2, 0.25) is 0 Å². The van der Waals surface area contributed by atoms with Gasteiger partial charge in [-0.2, -0.15) is 0 Å². The molecule has 0 bridgehead atoms. The Labute approximate surface area is 186 Å². The highest BCUT2D eigenvalue weighted by atomic mass is 32.1. The number of fused-ring (bicyclic) bond motifs is 1. The van der Waals surface area contributed by atoms with Gasteiger partial charge in [0.25, 0.3) is 11.8 Å². The van der Waals surface area contributed by atoms with E-state index < -0.39 is 17.9 Å². The first-order valence-electron chi connectivity index (χ1n) is 9.60. The molecule has 0 radical (unpaired) electrons. The van der Waals surface area contributed by atoms with Crippen LogP contribution in [0.4, 0.5) is 5.13 Å². The number of nitrogens with zero attached hydrogens (tertiary/aromatic N) is 4. The lowest BCUT2D eigenvalue weighted by molar-refractivity contribution is -0.136. The minimum atomic E-state index is -0.976. The molecule has 1 fully saturated rings. The first-order valence-corrected chi connectivity index (χ1v) is 10.5. The van der Waals surface area contributed by atoms with Crippen molar-refractivity contribution in [2.24, 2.45) is 5.16 Å². The van der Waals surface area contributed by atoms with Gasteiger partial charge in [0.05, 0.1) is 12.1 Å². The Hall–Kier alpha value is -3.77. The monoisotopic (exact) mass is 456 g/mol. The molecule has 0 saturated carbocycles. The zero-order chi connectivity index (χ0) is 22.8. The lowest BCUT2D eigenvalue weighted by Gasteiger charge is -2.22. The number of aromatic nitrogens is 1. The van der Waals surface area contributed by atoms with Crippen LogP contribution in [0.5, 0.6) is 0 Å². The van der Waals surface area contributed by atoms with Crippen molar-refractivity contribution < 1.29 is 24.3 Å². The average Bonchev–Trinajstić information content (AvgIpc) is 3.41. The van der Waals surface area contributed by atoms with Crippen molar-refractivity contribution in [2.75, 3.05) is 25.9 Å². The number of nitrogen functional groups attached to an aromatic ring is 1. The van der Waals surface area contributed by atoms with Crippen LogP contribution in [0.25, 0.3) is 5.70 Å². The second-order valence-corrected chi connectivity index (χ2v) is 8.00. The van der Waals surface area contributed by atoms with E-state index in [1.54, 1.807) is 10.4 Å². The van der Waals surface area contributed by atoms with E-state index in [0.29, 0.717) is 11.3 Å². The molecule has 12 heteroatoms. The van der Waals surface area contributed by atoms with Crippen LogP contribution in [-0.4, -0.2) is 69.8 Å². The minimum Gasteiger partial charge on any atom is -0.481 e. The summed E-state index contributed by atoms with van der Waals surface area (Å²) in [6.07, 6.45) is -0.183. The molecule has 0 unspecified atom stereocenters. The molecule has 4 rings (SSSR count). The zero-order valence-electron chi connectivity index (χ0n) is 17.0. The van der Waals surface area contributed by atoms with Crippen LogP contribution in [0.3, 0.4) is 0 Å². The summed E-state index contributed by atoms with van der Waals surface area (Å²) in [5.41, 5.74) is 7.68. The number of hydrogen-bond acceptors (Lipinski definition) is 9. The summed E-state index contributed by atoms with van der Waals surface area (Å²) in [7, 11) is 1.30. The molecular formula is C20H20N6O5S. The fraction of sp³-hybridized carbons (Fsp3) is 0.250. The molecule has 1 aromatic heterocycles. The molecule has 2 amide bonds. The van der Waals surface area contributed by atoms with Crippen molar-refractivity contribution in [3.63, 3.8) is 0 Å². The predicted molar refractivity (Wildman–Crippen MR) is 116 cm³/mol. The number of hydrogen-bond donors (Lipinski definition) is 3. The highest BCUT2D eigenvalue weighted by Crippen LogP contribution is 2.36. The van der Waals surface area contributed by atoms with Crippen LogP contribution in [0.1, 0.15) is 17.7 Å². The largest absolute Gasteiger partial charge is 0.481 e. The Balaban J connectivity index is 1.58. The number of anilines is 1. The summed E-state index contributed by atoms with van der Waals surface area (Å²) in [6.45, 7) is 0.458. The molecule has 0 spiro atoms. The number of aliphatic carboxylic acids is 1. The van der Waals surface area contributed by atoms with Crippen molar-refractivity contribution in [3.8, 4) is 0 Å². The van der Waals surface area contributed by atoms with Crippen molar-refractivity contribution in [1.82, 2.24) is 20.3 Å². The molecule has 1 atom stereocenters. The first kappa shape index (κ1) is 21.5. The summed E-state index contributed by atoms with van der Waals surface area (Å²) < 4.78 is 0. The first-order chi connectivity index (χ1) is 15.4. The van der Waals surface area contributed by atoms with E-state index in [2.05, 4.69) is 15.5 Å². The average molecular weight is 456 g/mol. The summed E-state index contributed by atoms with van der Waals surface area (Å²) >= 11 is 1.15. The molecular weight excluding hydrogens is 436 g/mol. The number of nitrogens with two attached hydrogens (primary N) is 1. The summed E-state index contributed by atoms with van der Waals surface area (Å²) in [4.78, 5) is 46.3. The van der Waals surface area contributed by atoms with Gasteiger partial charge in [-0.25, -0.2) is 15.0 Å². The Morgan fingerprint density at radius 3 is 2.75 bits per heavy atom. The molecule has 3 heterocycles. The van der Waals surface area contributed by atoms with Gasteiger partial charge in [-0.1, -0.05) is 35.5 Å². The standard InChI is InChI=1S/C20H20N6O5S/c1-31-24-16(14-10-32-20(21)23-14)18(29)22-13-9-25-8-12(7-15(27)28)17(26(25)19(13)30)11-5-3-2-4-6-11/h2-6,10,13H,7-9H2,1H3,(H2,21,23)(H,22,29)(H,27,28)/b24-16-/t13-/m0/s1. The SMILES string of the molecule is CO/N=C(\C(=O)N[C@H]1CN2CC(CC(=O)O)=C(c3ccccc3)N2C1=O)c1csc(N)n1. The van der Waals surface area contributed by atoms with Crippen molar-refractivity contribution in [3.05, 3.63) is 52.5 Å². The maximum Gasteiger partial charge on any atom is 0.307 e. The predicted octanol–water partition coefficient (Wildman–Crippen LogP) is 0.519. The lowest BCUT2D eigenvalue weighted by atomic mass is 10.0. The molecule has 166 valence electrons. The summed E-state index contributed by atoms with van der Waals surface area (Å²) in [5.74, 6) is -1.97. The van der Waals surface area contributed by atoms with E-state index in [1.807, 2.05) is 30.3 Å². The fourth-order valence-electron chi connectivity index (χ4n) is 3.76. The minimum absolute atomic E-state index is 0.0966. The molecule has 2 aromatic rings. The number of oxime groups is 1. The van der Waals surface area contributed by atoms with Crippen LogP contribution >= 0.6 is 11.3 Å². The molecule has 11 nitrogen and oxygen atoms in total. The maximum absolute atomic E-state index is 13.2. The van der Waals surface area contributed by atoms with Crippen molar-refractivity contribution >= 4 is 45.7 Å². The molecule has 2 aliphatic heterocycles. The van der Waals surface area contributed by atoms with Gasteiger partial charge in [-0.15, -0.1) is 11.3 Å². The van der Waals surface area contributed by atoms with E-state index in [-0.39, 0.29) is 42.0 Å². The smallest absolute Gasteiger partial charge is 0.307 e. The number of carbonyl (C=O) groups excluding carboxylic acids is 2. The van der Waals surface area contributed by atoms with Gasteiger partial charge >= 0.3 is 5.97 Å². The third kappa shape index (κ3) is 4.05. The van der Waals surface area contributed by atoms with Crippen molar-refractivity contribution in [2.45, 2.75) is 12.5 Å². The van der Waals surface area contributed by atoms with Gasteiger partial charge in [-0.05, 0) is 11.1 Å². The van der Waals surface area contributed by atoms with Crippen LogP contribution < -0.4 is 11.1 Å². The normalized spacial score (nSPS) is 18.8. The molecule has 0 aliphatic carbocycles. The maximum atomic E-state index is 13.2. The number of hydrazine groups is 1. The quantitative estimate of drug-likeness (QED) is 0.403. The number of thiazole rings is 1. The molecule has 2 aliphatic rings. The number of carboxylic acids is 1. The number of benzene rings is 1. The molecule has 4 N–H and O–H groups in total. The van der Waals surface area contributed by atoms with E-state index in [0.717, 1.165) is 16.9 Å². The van der Waals surface area contributed by atoms with E-state index in [4.69, 9.17) is 10.6 Å². The van der Waals surface area contributed by atoms with Crippen LogP contribution in [-0.2, 0) is 19.2 Å². The van der Waals surface area contributed by atoms with Gasteiger partial charge in [-0.3, -0.25) is 14.4 Å². The Kier molecular flexibility index (Phi) is 5.88. The van der Waals surface area contributed by atoms with Gasteiger partial charge in [0.2, 0.25) is 0 Å². The third-order valence-corrected chi connectivity index (χ3v) is 5.66. The lowest BCUT2D eigenvalue weighted by Crippen LogP contribution is -2.45. The van der Waals surface area contributed by atoms with Gasteiger partial charge < -0.3 is 21.0 Å². The zero-order valence-corrected chi connectivity index (χ0v) is 17.8. The van der Waals surface area contributed by atoms with E-state index in [1.165, 1.54) is 12.1 Å². The summed E-state index contributed by atoms with van der Waals surface area (Å²) in [6, 6.07) is 8.24. The molecule has 1 aromatic carbocycles. The van der Waals surface area contributed by atoms with Gasteiger partial charge in [0, 0.05) is 18.5 Å². The number of carboxylic acid groups (broad SMARTS) is 1. The second kappa shape index (κ2) is 8.77. The number of carbonyl (C=O) groups is 3. The summed E-state index contributed by atoms with van der Waals surface area (Å²) in [5, 5.41) is 20.7. The Morgan fingerprint density at radius 2 is 2.12 bits per heavy atom. The number of amides is 2. The Bertz CT molecular complexity index is 1130. The van der Waals surface area contributed by atoms with Crippen LogP contribution in [0.15, 0.2) is 46.4 Å². The van der Waals surface area contributed by atoms with Gasteiger partial charge in [0.1, 0.15) is 18.8 Å². The van der Waals surface area contributed by atoms with E-state index in [9.17, 15) is 19.5 Å². The van der Waals surface area contributed by atoms with Crippen molar-refractivity contribution in [1.29, 1.82) is 0 Å². The Morgan fingerprint density at radius 1 is 1.38 bits per heavy atom. The van der Waals surface area contributed by atoms with Crippen LogP contribution in [0, 0.1) is 0 Å². The number of nitrogens with one attached hydrogen (secondary N) is 1. The third-order valence-electron chi connectivity index (χ3n) is 4.98. The topological polar surface area (TPSA) is 150 Å². The highest BCUT2D eigenvalue weighted by molar-refractivity contribution is 7.13. The number of rotatable bonds is 7. The molecule has 1 saturated heterocycles. The second-order valence-electron chi connectivity index (χ2n) is 7.11. The fourth-order valence-corrected chi connectivity index (χ4v) is 4.31. The van der Waals surface area contributed by atoms with Gasteiger partial charge in [0.15, 0.2) is 10.8 Å². The highest BCUT2D eigenvalue weighted by Gasteiger charge is 2.46. The molecule has 32 heavy (non-hydrogen) atoms.